The van der Waals surface area contributed by atoms with Crippen molar-refractivity contribution >= 4 is 0 Å². The number of rotatable bonds is 4. The molecule has 0 aromatic carbocycles. The molecule has 0 aliphatic carbocycles. The van der Waals surface area contributed by atoms with Crippen LogP contribution in [0.4, 0.5) is 0 Å². The number of hydrogen-bond acceptors (Lipinski definition) is 4. The zero-order valence-electron chi connectivity index (χ0n) is 11.1. The van der Waals surface area contributed by atoms with Crippen molar-refractivity contribution < 1.29 is 0 Å². The van der Waals surface area contributed by atoms with E-state index < -0.39 is 0 Å². The van der Waals surface area contributed by atoms with Crippen LogP contribution in [-0.2, 0) is 12.8 Å². The molecule has 4 nitrogen and oxygen atoms in total. The average Bonchev–Trinajstić information content (AvgIpc) is 2.41. The second-order valence-electron chi connectivity index (χ2n) is 4.54. The second kappa shape index (κ2) is 5.67. The van der Waals surface area contributed by atoms with Gasteiger partial charge in [-0.05, 0) is 19.8 Å². The van der Waals surface area contributed by atoms with Crippen LogP contribution in [0.3, 0.4) is 0 Å². The molecule has 94 valence electrons. The van der Waals surface area contributed by atoms with Crippen LogP contribution in [0.5, 0.6) is 0 Å². The molecule has 1 unspecified atom stereocenters. The molecule has 0 spiro atoms. The largest absolute Gasteiger partial charge is 0.258 e. The van der Waals surface area contributed by atoms with E-state index in [0.717, 1.165) is 35.6 Å². The fourth-order valence-electron chi connectivity index (χ4n) is 1.74. The minimum atomic E-state index is 0.306. The lowest BCUT2D eigenvalue weighted by Gasteiger charge is -2.10. The first-order valence-corrected chi connectivity index (χ1v) is 6.27. The molecule has 1 atom stereocenters. The number of aryl methyl sites for hydroxylation is 2. The maximum absolute atomic E-state index is 4.45. The number of aromatic nitrogens is 4. The molecular weight excluding hydrogens is 224 g/mol. The first-order chi connectivity index (χ1) is 8.69. The lowest BCUT2D eigenvalue weighted by atomic mass is 10.0. The van der Waals surface area contributed by atoms with Gasteiger partial charge in [0, 0.05) is 30.7 Å². The standard InChI is InChI=1S/C14H18N4/c1-4-12-7-18-14(9-17-12)10(2)5-13-8-15-11(3)6-16-13/h6-10H,4-5H2,1-3H3. The first kappa shape index (κ1) is 12.6. The van der Waals surface area contributed by atoms with Crippen molar-refractivity contribution in [2.75, 3.05) is 0 Å². The van der Waals surface area contributed by atoms with E-state index >= 15 is 0 Å². The van der Waals surface area contributed by atoms with E-state index in [9.17, 15) is 0 Å². The zero-order valence-corrected chi connectivity index (χ0v) is 11.1. The molecule has 0 amide bonds. The molecule has 0 bridgehead atoms. The molecular formula is C14H18N4. The van der Waals surface area contributed by atoms with Gasteiger partial charge in [-0.3, -0.25) is 19.9 Å². The predicted molar refractivity (Wildman–Crippen MR) is 70.3 cm³/mol. The molecule has 0 radical (unpaired) electrons. The van der Waals surface area contributed by atoms with Crippen molar-refractivity contribution in [2.45, 2.75) is 39.5 Å². The molecule has 0 N–H and O–H groups in total. The van der Waals surface area contributed by atoms with Crippen molar-refractivity contribution in [3.63, 3.8) is 0 Å². The number of hydrogen-bond donors (Lipinski definition) is 0. The van der Waals surface area contributed by atoms with Gasteiger partial charge in [0.1, 0.15) is 0 Å². The predicted octanol–water partition coefficient (Wildman–Crippen LogP) is 2.48. The van der Waals surface area contributed by atoms with Crippen molar-refractivity contribution in [1.82, 2.24) is 19.9 Å². The summed E-state index contributed by atoms with van der Waals surface area (Å²) in [6.45, 7) is 6.15. The molecule has 18 heavy (non-hydrogen) atoms. The van der Waals surface area contributed by atoms with Gasteiger partial charge >= 0.3 is 0 Å². The van der Waals surface area contributed by atoms with Crippen LogP contribution in [-0.4, -0.2) is 19.9 Å². The summed E-state index contributed by atoms with van der Waals surface area (Å²) in [6.07, 6.45) is 9.11. The van der Waals surface area contributed by atoms with Gasteiger partial charge in [-0.25, -0.2) is 0 Å². The highest BCUT2D eigenvalue weighted by molar-refractivity contribution is 5.11. The molecule has 4 heteroatoms. The molecule has 0 saturated carbocycles. The fraction of sp³-hybridized carbons (Fsp3) is 0.429. The summed E-state index contributed by atoms with van der Waals surface area (Å²) in [4.78, 5) is 17.4. The molecule has 0 aliphatic rings. The van der Waals surface area contributed by atoms with E-state index in [1.54, 1.807) is 6.20 Å². The van der Waals surface area contributed by atoms with Crippen LogP contribution < -0.4 is 0 Å². The third-order valence-corrected chi connectivity index (χ3v) is 2.94. The topological polar surface area (TPSA) is 51.6 Å². The van der Waals surface area contributed by atoms with Crippen LogP contribution in [0.1, 0.15) is 42.5 Å². The Morgan fingerprint density at radius 1 is 0.944 bits per heavy atom. The molecule has 2 rings (SSSR count). The second-order valence-corrected chi connectivity index (χ2v) is 4.54. The van der Waals surface area contributed by atoms with Gasteiger partial charge in [0.15, 0.2) is 0 Å². The van der Waals surface area contributed by atoms with Crippen LogP contribution in [0.2, 0.25) is 0 Å². The van der Waals surface area contributed by atoms with Crippen LogP contribution in [0, 0.1) is 6.92 Å². The average molecular weight is 242 g/mol. The quantitative estimate of drug-likeness (QED) is 0.826. The van der Waals surface area contributed by atoms with Gasteiger partial charge in [0.2, 0.25) is 0 Å². The van der Waals surface area contributed by atoms with E-state index in [1.165, 1.54) is 0 Å². The molecule has 2 heterocycles. The lowest BCUT2D eigenvalue weighted by molar-refractivity contribution is 0.702. The maximum atomic E-state index is 4.45. The lowest BCUT2D eigenvalue weighted by Crippen LogP contribution is -2.05. The van der Waals surface area contributed by atoms with Crippen molar-refractivity contribution in [3.05, 3.63) is 47.6 Å². The normalized spacial score (nSPS) is 12.4. The summed E-state index contributed by atoms with van der Waals surface area (Å²) in [5, 5.41) is 0. The van der Waals surface area contributed by atoms with Gasteiger partial charge in [-0.2, -0.15) is 0 Å². The monoisotopic (exact) mass is 242 g/mol. The molecule has 2 aromatic rings. The number of nitrogens with zero attached hydrogens (tertiary/aromatic N) is 4. The summed E-state index contributed by atoms with van der Waals surface area (Å²) >= 11 is 0. The molecule has 2 aromatic heterocycles. The van der Waals surface area contributed by atoms with Crippen molar-refractivity contribution in [2.24, 2.45) is 0 Å². The molecule has 0 fully saturated rings. The van der Waals surface area contributed by atoms with Crippen LogP contribution in [0.15, 0.2) is 24.8 Å². The van der Waals surface area contributed by atoms with E-state index in [-0.39, 0.29) is 0 Å². The summed E-state index contributed by atoms with van der Waals surface area (Å²) in [5.41, 5.74) is 3.98. The first-order valence-electron chi connectivity index (χ1n) is 6.27. The van der Waals surface area contributed by atoms with E-state index in [4.69, 9.17) is 0 Å². The summed E-state index contributed by atoms with van der Waals surface area (Å²) in [6, 6.07) is 0. The Morgan fingerprint density at radius 2 is 1.67 bits per heavy atom. The highest BCUT2D eigenvalue weighted by Gasteiger charge is 2.09. The third kappa shape index (κ3) is 3.09. The Kier molecular flexibility index (Phi) is 3.97. The third-order valence-electron chi connectivity index (χ3n) is 2.94. The minimum absolute atomic E-state index is 0.306. The van der Waals surface area contributed by atoms with E-state index in [2.05, 4.69) is 33.8 Å². The Labute approximate surface area is 108 Å². The van der Waals surface area contributed by atoms with Crippen molar-refractivity contribution in [3.8, 4) is 0 Å². The summed E-state index contributed by atoms with van der Waals surface area (Å²) < 4.78 is 0. The van der Waals surface area contributed by atoms with Gasteiger partial charge < -0.3 is 0 Å². The summed E-state index contributed by atoms with van der Waals surface area (Å²) in [5.74, 6) is 0.306. The highest BCUT2D eigenvalue weighted by atomic mass is 14.8. The van der Waals surface area contributed by atoms with E-state index in [1.807, 2.05) is 25.5 Å². The maximum Gasteiger partial charge on any atom is 0.0618 e. The molecule has 0 saturated heterocycles. The van der Waals surface area contributed by atoms with Gasteiger partial charge in [-0.1, -0.05) is 13.8 Å². The van der Waals surface area contributed by atoms with Gasteiger partial charge in [-0.15, -0.1) is 0 Å². The van der Waals surface area contributed by atoms with Gasteiger partial charge in [0.25, 0.3) is 0 Å². The Hall–Kier alpha value is -1.84. The Bertz CT molecular complexity index is 490. The van der Waals surface area contributed by atoms with Crippen LogP contribution in [0.25, 0.3) is 0 Å². The SMILES string of the molecule is CCc1cnc(C(C)Cc2cnc(C)cn2)cn1. The zero-order chi connectivity index (χ0) is 13.0. The smallest absolute Gasteiger partial charge is 0.0618 e. The highest BCUT2D eigenvalue weighted by Crippen LogP contribution is 2.16. The van der Waals surface area contributed by atoms with Gasteiger partial charge in [0.05, 0.1) is 22.8 Å². The fourth-order valence-corrected chi connectivity index (χ4v) is 1.74. The van der Waals surface area contributed by atoms with Crippen LogP contribution >= 0.6 is 0 Å². The molecule has 0 aliphatic heterocycles. The van der Waals surface area contributed by atoms with Crippen molar-refractivity contribution in [1.29, 1.82) is 0 Å². The van der Waals surface area contributed by atoms with E-state index in [0.29, 0.717) is 5.92 Å². The Balaban J connectivity index is 2.06. The Morgan fingerprint density at radius 3 is 2.22 bits per heavy atom. The summed E-state index contributed by atoms with van der Waals surface area (Å²) in [7, 11) is 0. The minimum Gasteiger partial charge on any atom is -0.258 e.